The fourth-order valence-electron chi connectivity index (χ4n) is 1.45. The molecule has 0 aliphatic rings. The molecule has 90 valence electrons. The van der Waals surface area contributed by atoms with Gasteiger partial charge in [-0.25, -0.2) is 0 Å². The number of nitrogens with one attached hydrogen (secondary N) is 1. The largest absolute Gasteiger partial charge is 0.380 e. The van der Waals surface area contributed by atoms with Gasteiger partial charge in [-0.15, -0.1) is 0 Å². The predicted octanol–water partition coefficient (Wildman–Crippen LogP) is 3.68. The van der Waals surface area contributed by atoms with E-state index in [4.69, 9.17) is 27.9 Å². The zero-order valence-corrected chi connectivity index (χ0v) is 11.1. The quantitative estimate of drug-likeness (QED) is 0.789. The van der Waals surface area contributed by atoms with Crippen LogP contribution in [-0.2, 0) is 4.74 Å². The third-order valence-corrected chi connectivity index (χ3v) is 2.90. The van der Waals surface area contributed by atoms with Crippen LogP contribution in [0.2, 0.25) is 10.0 Å². The van der Waals surface area contributed by atoms with Gasteiger partial charge in [-0.05, 0) is 37.6 Å². The highest BCUT2D eigenvalue weighted by molar-refractivity contribution is 6.33. The van der Waals surface area contributed by atoms with Crippen LogP contribution in [0.3, 0.4) is 0 Å². The van der Waals surface area contributed by atoms with Gasteiger partial charge < -0.3 is 10.1 Å². The number of halogens is 2. The average Bonchev–Trinajstić information content (AvgIpc) is 2.27. The Morgan fingerprint density at radius 2 is 2.12 bits per heavy atom. The minimum atomic E-state index is 0.173. The number of rotatable bonds is 6. The maximum absolute atomic E-state index is 6.10. The minimum Gasteiger partial charge on any atom is -0.380 e. The fourth-order valence-corrected chi connectivity index (χ4v) is 1.91. The van der Waals surface area contributed by atoms with Crippen molar-refractivity contribution in [2.45, 2.75) is 19.9 Å². The van der Waals surface area contributed by atoms with Crippen LogP contribution in [0, 0.1) is 0 Å². The van der Waals surface area contributed by atoms with E-state index in [1.807, 2.05) is 19.1 Å². The van der Waals surface area contributed by atoms with Crippen LogP contribution >= 0.6 is 23.2 Å². The van der Waals surface area contributed by atoms with Gasteiger partial charge in [0.05, 0.1) is 6.61 Å². The van der Waals surface area contributed by atoms with Crippen molar-refractivity contribution in [1.82, 2.24) is 5.32 Å². The first kappa shape index (κ1) is 13.8. The van der Waals surface area contributed by atoms with Crippen LogP contribution < -0.4 is 5.32 Å². The standard InChI is InChI=1S/C12H17Cl2NO/c1-3-16-7-6-15-9(2)11-8-10(13)4-5-12(11)14/h4-5,8-9,15H,3,6-7H2,1-2H3. The summed E-state index contributed by atoms with van der Waals surface area (Å²) in [5, 5.41) is 4.78. The van der Waals surface area contributed by atoms with E-state index < -0.39 is 0 Å². The van der Waals surface area contributed by atoms with Gasteiger partial charge >= 0.3 is 0 Å². The van der Waals surface area contributed by atoms with Crippen molar-refractivity contribution in [3.63, 3.8) is 0 Å². The summed E-state index contributed by atoms with van der Waals surface area (Å²) >= 11 is 12.0. The molecular weight excluding hydrogens is 245 g/mol. The first-order valence-electron chi connectivity index (χ1n) is 5.41. The third-order valence-electron chi connectivity index (χ3n) is 2.33. The molecule has 2 nitrogen and oxygen atoms in total. The van der Waals surface area contributed by atoms with Crippen molar-refractivity contribution in [3.05, 3.63) is 33.8 Å². The molecule has 4 heteroatoms. The van der Waals surface area contributed by atoms with Gasteiger partial charge in [-0.2, -0.15) is 0 Å². The Morgan fingerprint density at radius 1 is 1.38 bits per heavy atom. The molecule has 0 heterocycles. The second-order valence-electron chi connectivity index (χ2n) is 3.54. The molecule has 1 rings (SSSR count). The van der Waals surface area contributed by atoms with E-state index in [9.17, 15) is 0 Å². The SMILES string of the molecule is CCOCCNC(C)c1cc(Cl)ccc1Cl. The maximum atomic E-state index is 6.10. The van der Waals surface area contributed by atoms with Crippen LogP contribution in [0.4, 0.5) is 0 Å². The Hall–Kier alpha value is -0.280. The molecule has 1 atom stereocenters. The van der Waals surface area contributed by atoms with Gasteiger partial charge in [0.25, 0.3) is 0 Å². The Labute approximate surface area is 107 Å². The van der Waals surface area contributed by atoms with Crippen molar-refractivity contribution in [3.8, 4) is 0 Å². The second kappa shape index (κ2) is 7.13. The van der Waals surface area contributed by atoms with Crippen LogP contribution in [0.25, 0.3) is 0 Å². The molecule has 0 saturated heterocycles. The summed E-state index contributed by atoms with van der Waals surface area (Å²) in [7, 11) is 0. The van der Waals surface area contributed by atoms with E-state index in [1.54, 1.807) is 6.07 Å². The molecule has 0 amide bonds. The highest BCUT2D eigenvalue weighted by atomic mass is 35.5. The Bertz CT molecular complexity index is 331. The summed E-state index contributed by atoms with van der Waals surface area (Å²) < 4.78 is 5.25. The lowest BCUT2D eigenvalue weighted by Gasteiger charge is -2.15. The monoisotopic (exact) mass is 261 g/mol. The van der Waals surface area contributed by atoms with Crippen molar-refractivity contribution in [2.24, 2.45) is 0 Å². The molecule has 0 fully saturated rings. The molecule has 1 unspecified atom stereocenters. The van der Waals surface area contributed by atoms with Crippen molar-refractivity contribution < 1.29 is 4.74 Å². The first-order chi connectivity index (χ1) is 7.65. The fraction of sp³-hybridized carbons (Fsp3) is 0.500. The van der Waals surface area contributed by atoms with E-state index in [0.29, 0.717) is 11.6 Å². The maximum Gasteiger partial charge on any atom is 0.0590 e. The number of ether oxygens (including phenoxy) is 1. The van der Waals surface area contributed by atoms with Crippen LogP contribution in [0.15, 0.2) is 18.2 Å². The van der Waals surface area contributed by atoms with E-state index in [1.165, 1.54) is 0 Å². The highest BCUT2D eigenvalue weighted by Gasteiger charge is 2.09. The molecular formula is C12H17Cl2NO. The summed E-state index contributed by atoms with van der Waals surface area (Å²) in [4.78, 5) is 0. The van der Waals surface area contributed by atoms with Crippen molar-refractivity contribution in [1.29, 1.82) is 0 Å². The third kappa shape index (κ3) is 4.30. The van der Waals surface area contributed by atoms with Gasteiger partial charge in [0.15, 0.2) is 0 Å². The van der Waals surface area contributed by atoms with Crippen molar-refractivity contribution >= 4 is 23.2 Å². The molecule has 0 saturated carbocycles. The molecule has 0 aromatic heterocycles. The Balaban J connectivity index is 2.51. The van der Waals surface area contributed by atoms with Crippen LogP contribution in [-0.4, -0.2) is 19.8 Å². The van der Waals surface area contributed by atoms with Gasteiger partial charge in [-0.3, -0.25) is 0 Å². The number of hydrogen-bond acceptors (Lipinski definition) is 2. The molecule has 1 N–H and O–H groups in total. The lowest BCUT2D eigenvalue weighted by atomic mass is 10.1. The summed E-state index contributed by atoms with van der Waals surface area (Å²) in [5.41, 5.74) is 1.02. The lowest BCUT2D eigenvalue weighted by molar-refractivity contribution is 0.147. The van der Waals surface area contributed by atoms with E-state index in [2.05, 4.69) is 12.2 Å². The molecule has 0 bridgehead atoms. The topological polar surface area (TPSA) is 21.3 Å². The zero-order chi connectivity index (χ0) is 12.0. The van der Waals surface area contributed by atoms with Crippen molar-refractivity contribution in [2.75, 3.05) is 19.8 Å². The number of hydrogen-bond donors (Lipinski definition) is 1. The lowest BCUT2D eigenvalue weighted by Crippen LogP contribution is -2.23. The first-order valence-corrected chi connectivity index (χ1v) is 6.16. The Kier molecular flexibility index (Phi) is 6.14. The average molecular weight is 262 g/mol. The Morgan fingerprint density at radius 3 is 2.81 bits per heavy atom. The molecule has 0 radical (unpaired) electrons. The highest BCUT2D eigenvalue weighted by Crippen LogP contribution is 2.25. The summed E-state index contributed by atoms with van der Waals surface area (Å²) in [6.45, 7) is 6.30. The normalized spacial score (nSPS) is 12.8. The summed E-state index contributed by atoms with van der Waals surface area (Å²) in [6.07, 6.45) is 0. The van der Waals surface area contributed by atoms with Gasteiger partial charge in [-0.1, -0.05) is 23.2 Å². The van der Waals surface area contributed by atoms with Gasteiger partial charge in [0, 0.05) is 29.2 Å². The molecule has 0 spiro atoms. The van der Waals surface area contributed by atoms with Crippen LogP contribution in [0.5, 0.6) is 0 Å². The van der Waals surface area contributed by atoms with Gasteiger partial charge in [0.2, 0.25) is 0 Å². The molecule has 16 heavy (non-hydrogen) atoms. The van der Waals surface area contributed by atoms with E-state index in [-0.39, 0.29) is 6.04 Å². The smallest absolute Gasteiger partial charge is 0.0590 e. The summed E-state index contributed by atoms with van der Waals surface area (Å²) in [5.74, 6) is 0. The molecule has 1 aromatic carbocycles. The number of benzene rings is 1. The minimum absolute atomic E-state index is 0.173. The predicted molar refractivity (Wildman–Crippen MR) is 69.4 cm³/mol. The van der Waals surface area contributed by atoms with Crippen LogP contribution in [0.1, 0.15) is 25.5 Å². The van der Waals surface area contributed by atoms with Gasteiger partial charge in [0.1, 0.15) is 0 Å². The van der Waals surface area contributed by atoms with E-state index >= 15 is 0 Å². The second-order valence-corrected chi connectivity index (χ2v) is 4.38. The molecule has 0 aliphatic carbocycles. The summed E-state index contributed by atoms with van der Waals surface area (Å²) in [6, 6.07) is 5.68. The molecule has 0 aliphatic heterocycles. The van der Waals surface area contributed by atoms with E-state index in [0.717, 1.165) is 23.7 Å². The molecule has 1 aromatic rings. The zero-order valence-electron chi connectivity index (χ0n) is 9.59.